The van der Waals surface area contributed by atoms with Crippen LogP contribution in [0, 0.1) is 0 Å². The third kappa shape index (κ3) is 4.26. The molecule has 1 heterocycles. The molecule has 0 unspecified atom stereocenters. The Morgan fingerprint density at radius 3 is 1.89 bits per heavy atom. The van der Waals surface area contributed by atoms with E-state index >= 15 is 0 Å². The fraction of sp³-hybridized carbons (Fsp3) is 0.333. The maximum absolute atomic E-state index is 6.39. The summed E-state index contributed by atoms with van der Waals surface area (Å²) in [5, 5.41) is 0. The van der Waals surface area contributed by atoms with Crippen LogP contribution in [-0.4, -0.2) is 18.3 Å². The minimum atomic E-state index is -0.384. The molecule has 1 aliphatic rings. The van der Waals surface area contributed by atoms with Gasteiger partial charge in [-0.15, -0.1) is 0 Å². The standard InChI is InChI=1S/C24H29BO2/c1-6-21(20-15-11-8-12-16-20)22(18-17-19-13-9-7-10-14-19)25-26-23(2,3)24(4,5)27-25/h7-18H,6H2,1-5H3/b18-17+,22-21-. The zero-order valence-electron chi connectivity index (χ0n) is 17.0. The first-order chi connectivity index (χ1) is 12.8. The summed E-state index contributed by atoms with van der Waals surface area (Å²) in [7, 11) is -0.384. The van der Waals surface area contributed by atoms with Crippen molar-refractivity contribution in [2.24, 2.45) is 0 Å². The summed E-state index contributed by atoms with van der Waals surface area (Å²) in [6, 6.07) is 20.8. The molecule has 1 aliphatic heterocycles. The van der Waals surface area contributed by atoms with Gasteiger partial charge < -0.3 is 9.31 Å². The summed E-state index contributed by atoms with van der Waals surface area (Å²) in [6.45, 7) is 10.6. The molecule has 3 rings (SSSR count). The minimum absolute atomic E-state index is 0.362. The number of rotatable bonds is 5. The third-order valence-electron chi connectivity index (χ3n) is 5.59. The van der Waals surface area contributed by atoms with Gasteiger partial charge >= 0.3 is 7.12 Å². The second-order valence-electron chi connectivity index (χ2n) is 7.99. The van der Waals surface area contributed by atoms with E-state index in [1.807, 2.05) is 12.1 Å². The van der Waals surface area contributed by atoms with Gasteiger partial charge in [0.2, 0.25) is 0 Å². The van der Waals surface area contributed by atoms with E-state index in [-0.39, 0.29) is 18.3 Å². The van der Waals surface area contributed by atoms with Gasteiger partial charge in [0.15, 0.2) is 0 Å². The first-order valence-corrected chi connectivity index (χ1v) is 9.71. The Morgan fingerprint density at radius 2 is 1.37 bits per heavy atom. The summed E-state index contributed by atoms with van der Waals surface area (Å²) >= 11 is 0. The zero-order chi connectivity index (χ0) is 19.5. The van der Waals surface area contributed by atoms with Crippen LogP contribution in [0.2, 0.25) is 0 Å². The first-order valence-electron chi connectivity index (χ1n) is 9.71. The molecule has 0 aromatic heterocycles. The quantitative estimate of drug-likeness (QED) is 0.467. The largest absolute Gasteiger partial charge is 0.495 e. The Morgan fingerprint density at radius 1 is 0.852 bits per heavy atom. The molecule has 0 amide bonds. The highest BCUT2D eigenvalue weighted by Gasteiger charge is 2.52. The summed E-state index contributed by atoms with van der Waals surface area (Å²) in [5.41, 5.74) is 3.99. The van der Waals surface area contributed by atoms with Crippen molar-refractivity contribution < 1.29 is 9.31 Å². The fourth-order valence-electron chi connectivity index (χ4n) is 3.26. The SMILES string of the molecule is CC/C(=C(\C=C\c1ccccc1)B1OC(C)(C)C(C)(C)O1)c1ccccc1. The van der Waals surface area contributed by atoms with E-state index in [4.69, 9.17) is 9.31 Å². The highest BCUT2D eigenvalue weighted by atomic mass is 16.7. The minimum Gasteiger partial charge on any atom is -0.399 e. The molecule has 140 valence electrons. The molecule has 0 saturated carbocycles. The lowest BCUT2D eigenvalue weighted by Gasteiger charge is -2.32. The lowest BCUT2D eigenvalue weighted by molar-refractivity contribution is 0.00578. The van der Waals surface area contributed by atoms with Gasteiger partial charge in [0.05, 0.1) is 11.2 Å². The van der Waals surface area contributed by atoms with Gasteiger partial charge in [-0.2, -0.15) is 0 Å². The number of allylic oxidation sites excluding steroid dienone is 3. The Balaban J connectivity index is 2.07. The zero-order valence-corrected chi connectivity index (χ0v) is 17.0. The van der Waals surface area contributed by atoms with E-state index in [0.29, 0.717) is 0 Å². The normalized spacial score (nSPS) is 19.4. The molecule has 2 aromatic carbocycles. The van der Waals surface area contributed by atoms with Crippen molar-refractivity contribution in [3.05, 3.63) is 83.3 Å². The smallest absolute Gasteiger partial charge is 0.399 e. The molecule has 0 radical (unpaired) electrons. The highest BCUT2D eigenvalue weighted by molar-refractivity contribution is 6.57. The molecule has 1 saturated heterocycles. The molecule has 0 aliphatic carbocycles. The second kappa shape index (κ2) is 7.88. The third-order valence-corrected chi connectivity index (χ3v) is 5.59. The Hall–Kier alpha value is -2.10. The van der Waals surface area contributed by atoms with Crippen LogP contribution in [0.3, 0.4) is 0 Å². The molecule has 2 nitrogen and oxygen atoms in total. The van der Waals surface area contributed by atoms with E-state index in [1.165, 1.54) is 11.1 Å². The topological polar surface area (TPSA) is 18.5 Å². The van der Waals surface area contributed by atoms with Gasteiger partial charge in [0.25, 0.3) is 0 Å². The van der Waals surface area contributed by atoms with Crippen molar-refractivity contribution >= 4 is 18.8 Å². The van der Waals surface area contributed by atoms with Crippen molar-refractivity contribution in [1.29, 1.82) is 0 Å². The van der Waals surface area contributed by atoms with Crippen LogP contribution >= 0.6 is 0 Å². The van der Waals surface area contributed by atoms with Crippen LogP contribution in [0.15, 0.2) is 72.2 Å². The Bertz CT molecular complexity index is 804. The molecule has 27 heavy (non-hydrogen) atoms. The van der Waals surface area contributed by atoms with E-state index in [9.17, 15) is 0 Å². The van der Waals surface area contributed by atoms with Crippen LogP contribution in [0.4, 0.5) is 0 Å². The van der Waals surface area contributed by atoms with E-state index in [1.54, 1.807) is 0 Å². The molecule has 1 fully saturated rings. The summed E-state index contributed by atoms with van der Waals surface area (Å²) in [4.78, 5) is 0. The van der Waals surface area contributed by atoms with Crippen LogP contribution in [-0.2, 0) is 9.31 Å². The van der Waals surface area contributed by atoms with Crippen molar-refractivity contribution in [3.8, 4) is 0 Å². The van der Waals surface area contributed by atoms with Crippen LogP contribution in [0.1, 0.15) is 52.2 Å². The summed E-state index contributed by atoms with van der Waals surface area (Å²) in [5.74, 6) is 0. The lowest BCUT2D eigenvalue weighted by Crippen LogP contribution is -2.41. The van der Waals surface area contributed by atoms with Crippen molar-refractivity contribution in [1.82, 2.24) is 0 Å². The van der Waals surface area contributed by atoms with Gasteiger partial charge in [0.1, 0.15) is 0 Å². The highest BCUT2D eigenvalue weighted by Crippen LogP contribution is 2.40. The van der Waals surface area contributed by atoms with E-state index < -0.39 is 0 Å². The van der Waals surface area contributed by atoms with Gasteiger partial charge in [-0.25, -0.2) is 0 Å². The Labute approximate surface area is 164 Å². The molecule has 0 N–H and O–H groups in total. The van der Waals surface area contributed by atoms with Crippen LogP contribution in [0.5, 0.6) is 0 Å². The van der Waals surface area contributed by atoms with Crippen molar-refractivity contribution in [2.45, 2.75) is 52.2 Å². The fourth-order valence-corrected chi connectivity index (χ4v) is 3.26. The van der Waals surface area contributed by atoms with E-state index in [0.717, 1.165) is 17.5 Å². The average Bonchev–Trinajstić information content (AvgIpc) is 2.87. The summed E-state index contributed by atoms with van der Waals surface area (Å²) in [6.07, 6.45) is 5.20. The molecule has 0 bridgehead atoms. The average molecular weight is 360 g/mol. The van der Waals surface area contributed by atoms with Crippen LogP contribution < -0.4 is 0 Å². The summed E-state index contributed by atoms with van der Waals surface area (Å²) < 4.78 is 12.8. The van der Waals surface area contributed by atoms with Gasteiger partial charge in [0, 0.05) is 0 Å². The van der Waals surface area contributed by atoms with Gasteiger partial charge in [-0.3, -0.25) is 0 Å². The Kier molecular flexibility index (Phi) is 5.73. The molecular formula is C24H29BO2. The van der Waals surface area contributed by atoms with Crippen LogP contribution in [0.25, 0.3) is 11.6 Å². The maximum Gasteiger partial charge on any atom is 0.495 e. The lowest BCUT2D eigenvalue weighted by atomic mass is 9.72. The molecule has 0 spiro atoms. The van der Waals surface area contributed by atoms with E-state index in [2.05, 4.69) is 95.3 Å². The molecule has 2 aromatic rings. The monoisotopic (exact) mass is 360 g/mol. The second-order valence-corrected chi connectivity index (χ2v) is 7.99. The van der Waals surface area contributed by atoms with Crippen molar-refractivity contribution in [3.63, 3.8) is 0 Å². The number of hydrogen-bond donors (Lipinski definition) is 0. The first kappa shape index (κ1) is 19.7. The number of hydrogen-bond acceptors (Lipinski definition) is 2. The molecular weight excluding hydrogens is 331 g/mol. The number of benzene rings is 2. The molecule has 3 heteroatoms. The van der Waals surface area contributed by atoms with Crippen molar-refractivity contribution in [2.75, 3.05) is 0 Å². The predicted molar refractivity (Wildman–Crippen MR) is 115 cm³/mol. The predicted octanol–water partition coefficient (Wildman–Crippen LogP) is 6.20. The van der Waals surface area contributed by atoms with Gasteiger partial charge in [-0.1, -0.05) is 79.7 Å². The molecule has 0 atom stereocenters. The maximum atomic E-state index is 6.39. The van der Waals surface area contributed by atoms with Gasteiger partial charge in [-0.05, 0) is 56.3 Å².